The van der Waals surface area contributed by atoms with Crippen LogP contribution in [0.15, 0.2) is 11.3 Å². The lowest BCUT2D eigenvalue weighted by atomic mass is 9.79. The zero-order chi connectivity index (χ0) is 19.5. The Morgan fingerprint density at radius 1 is 1.04 bits per heavy atom. The van der Waals surface area contributed by atoms with Gasteiger partial charge >= 0.3 is 0 Å². The molecule has 0 unspecified atom stereocenters. The van der Waals surface area contributed by atoms with Gasteiger partial charge in [-0.15, -0.1) is 0 Å². The van der Waals surface area contributed by atoms with Crippen molar-refractivity contribution in [3.63, 3.8) is 0 Å². The number of rotatable bonds is 9. The van der Waals surface area contributed by atoms with Crippen molar-refractivity contribution >= 4 is 17.3 Å². The maximum absolute atomic E-state index is 12.8. The quantitative estimate of drug-likeness (QED) is 0.621. The van der Waals surface area contributed by atoms with Crippen LogP contribution in [0.25, 0.3) is 0 Å². The number of ketones is 3. The number of Topliss-reactive ketones (excluding diaryl/α,β-unsaturated/α-hetero) is 3. The fourth-order valence-corrected chi connectivity index (χ4v) is 3.14. The molecule has 0 aliphatic heterocycles. The number of allylic oxidation sites excluding steroid dienone is 1. The van der Waals surface area contributed by atoms with Gasteiger partial charge in [-0.3, -0.25) is 14.4 Å². The van der Waals surface area contributed by atoms with Gasteiger partial charge in [0.2, 0.25) is 0 Å². The minimum absolute atomic E-state index is 0.0623. The molecular formula is C20H32O5. The second kappa shape index (κ2) is 8.26. The average molecular weight is 352 g/mol. The van der Waals surface area contributed by atoms with Gasteiger partial charge in [0.15, 0.2) is 23.0 Å². The molecule has 5 heteroatoms. The molecule has 1 aliphatic carbocycles. The molecule has 0 amide bonds. The van der Waals surface area contributed by atoms with Crippen LogP contribution in [0, 0.1) is 23.7 Å². The first kappa shape index (κ1) is 21.6. The molecule has 0 heterocycles. The van der Waals surface area contributed by atoms with E-state index in [1.54, 1.807) is 13.8 Å². The van der Waals surface area contributed by atoms with Crippen LogP contribution < -0.4 is 0 Å². The molecule has 0 fully saturated rings. The van der Waals surface area contributed by atoms with Crippen molar-refractivity contribution in [1.82, 2.24) is 0 Å². The Bertz CT molecular complexity index is 571. The highest BCUT2D eigenvalue weighted by Gasteiger charge is 2.58. The minimum Gasteiger partial charge on any atom is -0.508 e. The lowest BCUT2D eigenvalue weighted by molar-refractivity contribution is -0.145. The lowest BCUT2D eigenvalue weighted by Gasteiger charge is -2.28. The fourth-order valence-electron chi connectivity index (χ4n) is 3.14. The van der Waals surface area contributed by atoms with E-state index < -0.39 is 40.5 Å². The highest BCUT2D eigenvalue weighted by Crippen LogP contribution is 2.42. The molecule has 5 nitrogen and oxygen atoms in total. The van der Waals surface area contributed by atoms with Crippen molar-refractivity contribution in [2.24, 2.45) is 23.7 Å². The SMILES string of the molecule is CC(C)CCC(=O)[C@@]1(O)C(O)=C(C(=O)C(C)C)C(=O)[C@@H]1CCC(C)C. The first-order valence-corrected chi connectivity index (χ1v) is 9.22. The zero-order valence-electron chi connectivity index (χ0n) is 16.3. The Labute approximate surface area is 150 Å². The summed E-state index contributed by atoms with van der Waals surface area (Å²) in [7, 11) is 0. The largest absolute Gasteiger partial charge is 0.508 e. The summed E-state index contributed by atoms with van der Waals surface area (Å²) in [6.07, 6.45) is 1.49. The Kier molecular flexibility index (Phi) is 7.12. The van der Waals surface area contributed by atoms with Gasteiger partial charge in [-0.25, -0.2) is 0 Å². The summed E-state index contributed by atoms with van der Waals surface area (Å²) in [5.41, 5.74) is -2.65. The van der Waals surface area contributed by atoms with Crippen molar-refractivity contribution in [3.05, 3.63) is 11.3 Å². The molecule has 0 aromatic carbocycles. The summed E-state index contributed by atoms with van der Waals surface area (Å²) in [5.74, 6) is -3.49. The molecule has 2 atom stereocenters. The molecule has 25 heavy (non-hydrogen) atoms. The maximum Gasteiger partial charge on any atom is 0.190 e. The van der Waals surface area contributed by atoms with Gasteiger partial charge < -0.3 is 10.2 Å². The van der Waals surface area contributed by atoms with E-state index in [9.17, 15) is 24.6 Å². The summed E-state index contributed by atoms with van der Waals surface area (Å²) < 4.78 is 0. The van der Waals surface area contributed by atoms with Gasteiger partial charge in [0.25, 0.3) is 0 Å². The lowest BCUT2D eigenvalue weighted by Crippen LogP contribution is -2.47. The third kappa shape index (κ3) is 4.38. The molecular weight excluding hydrogens is 320 g/mol. The summed E-state index contributed by atoms with van der Waals surface area (Å²) in [6, 6.07) is 0. The van der Waals surface area contributed by atoms with Gasteiger partial charge in [0, 0.05) is 12.3 Å². The molecule has 0 aromatic heterocycles. The van der Waals surface area contributed by atoms with E-state index >= 15 is 0 Å². The number of carbonyl (C=O) groups excluding carboxylic acids is 3. The van der Waals surface area contributed by atoms with Gasteiger partial charge in [0.05, 0.1) is 5.92 Å². The van der Waals surface area contributed by atoms with Crippen LogP contribution in [0.4, 0.5) is 0 Å². The Morgan fingerprint density at radius 3 is 2.00 bits per heavy atom. The summed E-state index contributed by atoms with van der Waals surface area (Å²) >= 11 is 0. The monoisotopic (exact) mass is 352 g/mol. The van der Waals surface area contributed by atoms with Crippen molar-refractivity contribution in [2.75, 3.05) is 0 Å². The van der Waals surface area contributed by atoms with Crippen LogP contribution in [-0.4, -0.2) is 33.2 Å². The maximum atomic E-state index is 12.8. The Balaban J connectivity index is 3.30. The molecule has 0 saturated heterocycles. The minimum atomic E-state index is -2.26. The molecule has 142 valence electrons. The van der Waals surface area contributed by atoms with Crippen molar-refractivity contribution in [1.29, 1.82) is 0 Å². The third-order valence-corrected chi connectivity index (χ3v) is 4.84. The normalized spacial score (nSPS) is 24.1. The van der Waals surface area contributed by atoms with Gasteiger partial charge in [-0.05, 0) is 24.7 Å². The fraction of sp³-hybridized carbons (Fsp3) is 0.750. The molecule has 1 rings (SSSR count). The molecule has 0 spiro atoms. The number of aliphatic hydroxyl groups is 2. The van der Waals surface area contributed by atoms with E-state index in [0.717, 1.165) is 0 Å². The van der Waals surface area contributed by atoms with E-state index in [1.165, 1.54) is 0 Å². The molecule has 0 aromatic rings. The van der Waals surface area contributed by atoms with E-state index in [0.29, 0.717) is 12.8 Å². The third-order valence-electron chi connectivity index (χ3n) is 4.84. The van der Waals surface area contributed by atoms with Crippen LogP contribution in [0.3, 0.4) is 0 Å². The highest BCUT2D eigenvalue weighted by molar-refractivity contribution is 6.26. The molecule has 1 aliphatic rings. The number of carbonyl (C=O) groups is 3. The number of hydrogen-bond acceptors (Lipinski definition) is 5. The standard InChI is InChI=1S/C20H32O5/c1-11(2)7-9-14-18(23)16(17(22)13(5)6)19(24)20(14,25)15(21)10-8-12(3)4/h11-14,24-25H,7-10H2,1-6H3/t14-,20+/m0/s1. The van der Waals surface area contributed by atoms with E-state index in [1.807, 2.05) is 27.7 Å². The smallest absolute Gasteiger partial charge is 0.190 e. The predicted molar refractivity (Wildman–Crippen MR) is 96.1 cm³/mol. The van der Waals surface area contributed by atoms with Gasteiger partial charge in [-0.2, -0.15) is 0 Å². The van der Waals surface area contributed by atoms with Crippen LogP contribution >= 0.6 is 0 Å². The van der Waals surface area contributed by atoms with E-state index in [4.69, 9.17) is 0 Å². The van der Waals surface area contributed by atoms with Crippen molar-refractivity contribution in [3.8, 4) is 0 Å². The highest BCUT2D eigenvalue weighted by atomic mass is 16.3. The topological polar surface area (TPSA) is 91.7 Å². The van der Waals surface area contributed by atoms with Gasteiger partial charge in [-0.1, -0.05) is 48.0 Å². The summed E-state index contributed by atoms with van der Waals surface area (Å²) in [4.78, 5) is 37.9. The number of hydrogen-bond donors (Lipinski definition) is 2. The molecule has 0 bridgehead atoms. The summed E-state index contributed by atoms with van der Waals surface area (Å²) in [5, 5.41) is 21.6. The van der Waals surface area contributed by atoms with Crippen LogP contribution in [-0.2, 0) is 14.4 Å². The van der Waals surface area contributed by atoms with Crippen LogP contribution in [0.5, 0.6) is 0 Å². The van der Waals surface area contributed by atoms with E-state index in [-0.39, 0.29) is 30.3 Å². The van der Waals surface area contributed by atoms with E-state index in [2.05, 4.69) is 0 Å². The van der Waals surface area contributed by atoms with Crippen LogP contribution in [0.1, 0.15) is 67.2 Å². The Hall–Kier alpha value is -1.49. The molecule has 0 radical (unpaired) electrons. The Morgan fingerprint density at radius 2 is 1.56 bits per heavy atom. The number of aliphatic hydroxyl groups excluding tert-OH is 1. The van der Waals surface area contributed by atoms with Gasteiger partial charge in [0.1, 0.15) is 11.3 Å². The first-order valence-electron chi connectivity index (χ1n) is 9.22. The first-order chi connectivity index (χ1) is 11.4. The van der Waals surface area contributed by atoms with Crippen molar-refractivity contribution in [2.45, 2.75) is 72.8 Å². The van der Waals surface area contributed by atoms with Crippen LogP contribution in [0.2, 0.25) is 0 Å². The zero-order valence-corrected chi connectivity index (χ0v) is 16.3. The second-order valence-electron chi connectivity index (χ2n) is 8.25. The average Bonchev–Trinajstić information content (AvgIpc) is 2.69. The summed E-state index contributed by atoms with van der Waals surface area (Å²) in [6.45, 7) is 11.1. The second-order valence-corrected chi connectivity index (χ2v) is 8.25. The van der Waals surface area contributed by atoms with Crippen molar-refractivity contribution < 1.29 is 24.6 Å². The molecule has 2 N–H and O–H groups in total. The predicted octanol–water partition coefficient (Wildman–Crippen LogP) is 3.40. The molecule has 0 saturated carbocycles.